The van der Waals surface area contributed by atoms with Crippen molar-refractivity contribution in [1.29, 1.82) is 0 Å². The van der Waals surface area contributed by atoms with Crippen LogP contribution in [-0.2, 0) is 4.79 Å². The molecule has 0 heterocycles. The summed E-state index contributed by atoms with van der Waals surface area (Å²) in [6, 6.07) is 0.574. The second-order valence-electron chi connectivity index (χ2n) is 4.90. The summed E-state index contributed by atoms with van der Waals surface area (Å²) in [5.41, 5.74) is 0. The van der Waals surface area contributed by atoms with Gasteiger partial charge in [-0.3, -0.25) is 4.79 Å². The van der Waals surface area contributed by atoms with E-state index in [1.54, 1.807) is 0 Å². The van der Waals surface area contributed by atoms with Crippen LogP contribution in [0.25, 0.3) is 0 Å². The van der Waals surface area contributed by atoms with Crippen molar-refractivity contribution in [3.63, 3.8) is 0 Å². The van der Waals surface area contributed by atoms with Crippen molar-refractivity contribution in [2.75, 3.05) is 13.1 Å². The molecule has 1 aliphatic rings. The standard InChI is InChI=1S/C12H24N2O/c1-4-5-13-12(15)8-14-11-6-10(7-11)9(2)3/h9-11,14H,4-8H2,1-3H3,(H,13,15). The van der Waals surface area contributed by atoms with E-state index in [9.17, 15) is 4.79 Å². The Balaban J connectivity index is 2.00. The third-order valence-corrected chi connectivity index (χ3v) is 3.24. The van der Waals surface area contributed by atoms with Gasteiger partial charge in [0.1, 0.15) is 0 Å². The van der Waals surface area contributed by atoms with Gasteiger partial charge < -0.3 is 10.6 Å². The maximum Gasteiger partial charge on any atom is 0.233 e. The minimum Gasteiger partial charge on any atom is -0.355 e. The fourth-order valence-electron chi connectivity index (χ4n) is 1.94. The lowest BCUT2D eigenvalue weighted by Gasteiger charge is -2.38. The van der Waals surface area contributed by atoms with Gasteiger partial charge in [-0.25, -0.2) is 0 Å². The first kappa shape index (κ1) is 12.5. The smallest absolute Gasteiger partial charge is 0.233 e. The molecule has 15 heavy (non-hydrogen) atoms. The molecule has 1 saturated carbocycles. The number of nitrogens with one attached hydrogen (secondary N) is 2. The number of amides is 1. The molecule has 2 N–H and O–H groups in total. The highest BCUT2D eigenvalue weighted by Crippen LogP contribution is 2.33. The average Bonchev–Trinajstić information content (AvgIpc) is 2.11. The Kier molecular flexibility index (Phi) is 5.09. The molecule has 0 bridgehead atoms. The lowest BCUT2D eigenvalue weighted by molar-refractivity contribution is -0.120. The van der Waals surface area contributed by atoms with Crippen LogP contribution in [0.3, 0.4) is 0 Å². The highest BCUT2D eigenvalue weighted by Gasteiger charge is 2.30. The number of carbonyl (C=O) groups is 1. The lowest BCUT2D eigenvalue weighted by Crippen LogP contribution is -2.46. The number of carbonyl (C=O) groups excluding carboxylic acids is 1. The fraction of sp³-hybridized carbons (Fsp3) is 0.917. The predicted molar refractivity (Wildman–Crippen MR) is 62.7 cm³/mol. The Morgan fingerprint density at radius 1 is 1.40 bits per heavy atom. The Labute approximate surface area is 93.0 Å². The third kappa shape index (κ3) is 4.20. The van der Waals surface area contributed by atoms with E-state index in [4.69, 9.17) is 0 Å². The minimum atomic E-state index is 0.129. The Bertz CT molecular complexity index is 198. The van der Waals surface area contributed by atoms with Crippen LogP contribution in [0.5, 0.6) is 0 Å². The summed E-state index contributed by atoms with van der Waals surface area (Å²) in [6.07, 6.45) is 3.47. The summed E-state index contributed by atoms with van der Waals surface area (Å²) in [4.78, 5) is 11.3. The monoisotopic (exact) mass is 212 g/mol. The maximum absolute atomic E-state index is 11.3. The van der Waals surface area contributed by atoms with Gasteiger partial charge in [0, 0.05) is 12.6 Å². The van der Waals surface area contributed by atoms with Gasteiger partial charge >= 0.3 is 0 Å². The minimum absolute atomic E-state index is 0.129. The molecule has 0 aromatic rings. The van der Waals surface area contributed by atoms with E-state index < -0.39 is 0 Å². The molecule has 1 amide bonds. The van der Waals surface area contributed by atoms with E-state index in [0.29, 0.717) is 12.6 Å². The van der Waals surface area contributed by atoms with Crippen LogP contribution in [0.15, 0.2) is 0 Å². The van der Waals surface area contributed by atoms with Crippen molar-refractivity contribution in [3.8, 4) is 0 Å². The molecule has 0 spiro atoms. The van der Waals surface area contributed by atoms with Gasteiger partial charge in [-0.2, -0.15) is 0 Å². The molecule has 0 aliphatic heterocycles. The van der Waals surface area contributed by atoms with Crippen LogP contribution in [-0.4, -0.2) is 25.0 Å². The number of hydrogen-bond acceptors (Lipinski definition) is 2. The zero-order valence-corrected chi connectivity index (χ0v) is 10.2. The molecule has 0 atom stereocenters. The molecular weight excluding hydrogens is 188 g/mol. The van der Waals surface area contributed by atoms with E-state index in [1.807, 2.05) is 0 Å². The first-order valence-corrected chi connectivity index (χ1v) is 6.13. The van der Waals surface area contributed by atoms with Crippen molar-refractivity contribution in [3.05, 3.63) is 0 Å². The van der Waals surface area contributed by atoms with Crippen LogP contribution in [0.4, 0.5) is 0 Å². The van der Waals surface area contributed by atoms with Crippen molar-refractivity contribution in [1.82, 2.24) is 10.6 Å². The highest BCUT2D eigenvalue weighted by atomic mass is 16.1. The molecule has 0 unspecified atom stereocenters. The Hall–Kier alpha value is -0.570. The van der Waals surface area contributed by atoms with E-state index >= 15 is 0 Å². The Morgan fingerprint density at radius 3 is 2.60 bits per heavy atom. The van der Waals surface area contributed by atoms with Gasteiger partial charge in [0.05, 0.1) is 6.54 Å². The van der Waals surface area contributed by atoms with Crippen LogP contribution in [0.2, 0.25) is 0 Å². The summed E-state index contributed by atoms with van der Waals surface area (Å²) in [6.45, 7) is 7.88. The van der Waals surface area contributed by atoms with Gasteiger partial charge in [0.15, 0.2) is 0 Å². The van der Waals surface area contributed by atoms with Gasteiger partial charge in [0.25, 0.3) is 0 Å². The van der Waals surface area contributed by atoms with Gasteiger partial charge in [-0.15, -0.1) is 0 Å². The normalized spacial score (nSPS) is 25.1. The molecule has 0 saturated heterocycles. The first-order valence-electron chi connectivity index (χ1n) is 6.13. The summed E-state index contributed by atoms with van der Waals surface area (Å²) < 4.78 is 0. The average molecular weight is 212 g/mol. The Morgan fingerprint density at radius 2 is 2.07 bits per heavy atom. The van der Waals surface area contributed by atoms with Crippen molar-refractivity contribution in [2.45, 2.75) is 46.1 Å². The third-order valence-electron chi connectivity index (χ3n) is 3.24. The van der Waals surface area contributed by atoms with Crippen molar-refractivity contribution >= 4 is 5.91 Å². The van der Waals surface area contributed by atoms with Gasteiger partial charge in [-0.05, 0) is 31.1 Å². The summed E-state index contributed by atoms with van der Waals surface area (Å²) in [7, 11) is 0. The SMILES string of the molecule is CCCNC(=O)CNC1CC(C(C)C)C1. The molecule has 1 rings (SSSR count). The molecule has 3 heteroatoms. The molecule has 0 radical (unpaired) electrons. The van der Waals surface area contributed by atoms with Gasteiger partial charge in [-0.1, -0.05) is 20.8 Å². The van der Waals surface area contributed by atoms with E-state index in [1.165, 1.54) is 12.8 Å². The van der Waals surface area contributed by atoms with Crippen LogP contribution in [0.1, 0.15) is 40.0 Å². The van der Waals surface area contributed by atoms with Crippen LogP contribution < -0.4 is 10.6 Å². The van der Waals surface area contributed by atoms with Crippen LogP contribution in [0, 0.1) is 11.8 Å². The maximum atomic E-state index is 11.3. The fourth-order valence-corrected chi connectivity index (χ4v) is 1.94. The highest BCUT2D eigenvalue weighted by molar-refractivity contribution is 5.77. The first-order chi connectivity index (χ1) is 7.13. The lowest BCUT2D eigenvalue weighted by atomic mass is 9.74. The molecule has 1 fully saturated rings. The van der Waals surface area contributed by atoms with E-state index in [0.717, 1.165) is 24.8 Å². The zero-order chi connectivity index (χ0) is 11.3. The molecule has 0 aromatic heterocycles. The molecule has 88 valence electrons. The largest absolute Gasteiger partial charge is 0.355 e. The van der Waals surface area contributed by atoms with Crippen LogP contribution >= 0.6 is 0 Å². The predicted octanol–water partition coefficient (Wildman–Crippen LogP) is 1.54. The van der Waals surface area contributed by atoms with Crippen molar-refractivity contribution < 1.29 is 4.79 Å². The van der Waals surface area contributed by atoms with E-state index in [2.05, 4.69) is 31.4 Å². The molecule has 1 aliphatic carbocycles. The zero-order valence-electron chi connectivity index (χ0n) is 10.2. The topological polar surface area (TPSA) is 41.1 Å². The molecule has 3 nitrogen and oxygen atoms in total. The summed E-state index contributed by atoms with van der Waals surface area (Å²) >= 11 is 0. The quantitative estimate of drug-likeness (QED) is 0.701. The second-order valence-corrected chi connectivity index (χ2v) is 4.90. The summed E-state index contributed by atoms with van der Waals surface area (Å²) in [5.74, 6) is 1.78. The van der Waals surface area contributed by atoms with Gasteiger partial charge in [0.2, 0.25) is 5.91 Å². The number of hydrogen-bond donors (Lipinski definition) is 2. The van der Waals surface area contributed by atoms with Crippen molar-refractivity contribution in [2.24, 2.45) is 11.8 Å². The summed E-state index contributed by atoms with van der Waals surface area (Å²) in [5, 5.41) is 6.17. The molecular formula is C12H24N2O. The van der Waals surface area contributed by atoms with E-state index in [-0.39, 0.29) is 5.91 Å². The number of rotatable bonds is 6. The molecule has 0 aromatic carbocycles. The second kappa shape index (κ2) is 6.11.